The highest BCUT2D eigenvalue weighted by Gasteiger charge is 2.34. The van der Waals surface area contributed by atoms with Crippen molar-refractivity contribution in [3.63, 3.8) is 0 Å². The molecule has 6 heteroatoms. The van der Waals surface area contributed by atoms with Gasteiger partial charge in [-0.1, -0.05) is 29.8 Å². The summed E-state index contributed by atoms with van der Waals surface area (Å²) in [5, 5.41) is 0.671. The van der Waals surface area contributed by atoms with Gasteiger partial charge in [0.25, 0.3) is 0 Å². The van der Waals surface area contributed by atoms with Gasteiger partial charge in [-0.25, -0.2) is 4.98 Å². The summed E-state index contributed by atoms with van der Waals surface area (Å²) in [6, 6.07) is 14.1. The Kier molecular flexibility index (Phi) is 5.90. The molecule has 1 aromatic heterocycles. The van der Waals surface area contributed by atoms with E-state index in [1.807, 2.05) is 48.0 Å². The smallest absolute Gasteiger partial charge is 0.120 e. The number of aromatic nitrogens is 2. The largest absolute Gasteiger partial charge is 0.489 e. The number of hydrogen-bond acceptors (Lipinski definition) is 4. The van der Waals surface area contributed by atoms with Gasteiger partial charge in [0.05, 0.1) is 5.60 Å². The summed E-state index contributed by atoms with van der Waals surface area (Å²) in [6.07, 6.45) is 5.38. The molecule has 0 bridgehead atoms. The van der Waals surface area contributed by atoms with E-state index in [0.717, 1.165) is 41.2 Å². The molecule has 4 rings (SSSR count). The van der Waals surface area contributed by atoms with E-state index in [4.69, 9.17) is 25.8 Å². The van der Waals surface area contributed by atoms with Crippen LogP contribution < -0.4 is 4.74 Å². The fourth-order valence-electron chi connectivity index (χ4n) is 3.80. The third-order valence-corrected chi connectivity index (χ3v) is 5.94. The van der Waals surface area contributed by atoms with Crippen molar-refractivity contribution in [1.82, 2.24) is 9.55 Å². The molecule has 0 aliphatic carbocycles. The van der Waals surface area contributed by atoms with Crippen molar-refractivity contribution in [2.45, 2.75) is 32.0 Å². The van der Waals surface area contributed by atoms with E-state index in [-0.39, 0.29) is 5.60 Å². The van der Waals surface area contributed by atoms with Crippen molar-refractivity contribution in [1.29, 1.82) is 0 Å². The molecule has 1 fully saturated rings. The molecule has 5 nitrogen and oxygen atoms in total. The van der Waals surface area contributed by atoms with Gasteiger partial charge in [0, 0.05) is 61.8 Å². The lowest BCUT2D eigenvalue weighted by atomic mass is 9.86. The average Bonchev–Trinajstić information content (AvgIpc) is 3.19. The van der Waals surface area contributed by atoms with Crippen LogP contribution in [-0.2, 0) is 21.7 Å². The van der Waals surface area contributed by atoms with Crippen molar-refractivity contribution in [3.8, 4) is 11.4 Å². The van der Waals surface area contributed by atoms with Crippen LogP contribution in [0.3, 0.4) is 0 Å². The van der Waals surface area contributed by atoms with Gasteiger partial charge in [0.2, 0.25) is 0 Å². The summed E-state index contributed by atoms with van der Waals surface area (Å²) in [5.41, 5.74) is 2.74. The van der Waals surface area contributed by atoms with E-state index in [2.05, 4.69) is 17.1 Å². The topological polar surface area (TPSA) is 45.5 Å². The summed E-state index contributed by atoms with van der Waals surface area (Å²) in [5.74, 6) is 1.72. The lowest BCUT2D eigenvalue weighted by Gasteiger charge is -2.36. The Hall–Kier alpha value is -2.34. The highest BCUT2D eigenvalue weighted by Crippen LogP contribution is 2.37. The number of benzene rings is 2. The van der Waals surface area contributed by atoms with Gasteiger partial charge < -0.3 is 18.8 Å². The van der Waals surface area contributed by atoms with Crippen LogP contribution in [-0.4, -0.2) is 29.9 Å². The second-order valence-corrected chi connectivity index (χ2v) is 7.65. The van der Waals surface area contributed by atoms with Gasteiger partial charge in [-0.05, 0) is 36.8 Å². The van der Waals surface area contributed by atoms with E-state index < -0.39 is 0 Å². The predicted molar refractivity (Wildman–Crippen MR) is 113 cm³/mol. The van der Waals surface area contributed by atoms with Gasteiger partial charge in [-0.3, -0.25) is 0 Å². The van der Waals surface area contributed by atoms with Crippen molar-refractivity contribution in [2.24, 2.45) is 0 Å². The Morgan fingerprint density at radius 2 is 2.00 bits per heavy atom. The van der Waals surface area contributed by atoms with Crippen LogP contribution in [0.1, 0.15) is 29.8 Å². The number of hydrogen-bond donors (Lipinski definition) is 0. The van der Waals surface area contributed by atoms with Crippen molar-refractivity contribution in [3.05, 3.63) is 76.8 Å². The zero-order chi connectivity index (χ0) is 20.3. The zero-order valence-corrected chi connectivity index (χ0v) is 17.5. The first-order valence-corrected chi connectivity index (χ1v) is 10.1. The Balaban J connectivity index is 1.49. The molecule has 0 spiro atoms. The second kappa shape index (κ2) is 8.57. The minimum absolute atomic E-state index is 0.306. The fourth-order valence-corrected chi connectivity index (χ4v) is 4.03. The monoisotopic (exact) mass is 412 g/mol. The van der Waals surface area contributed by atoms with Crippen molar-refractivity contribution >= 4 is 11.6 Å². The summed E-state index contributed by atoms with van der Waals surface area (Å²) in [7, 11) is 1.77. The third kappa shape index (κ3) is 4.17. The molecule has 1 aliphatic rings. The molecule has 0 amide bonds. The van der Waals surface area contributed by atoms with E-state index in [1.54, 1.807) is 13.3 Å². The van der Waals surface area contributed by atoms with Crippen LogP contribution in [0.15, 0.2) is 54.9 Å². The van der Waals surface area contributed by atoms with Gasteiger partial charge in [-0.15, -0.1) is 0 Å². The van der Waals surface area contributed by atoms with Crippen molar-refractivity contribution < 1.29 is 14.2 Å². The normalized spacial score (nSPS) is 16.0. The van der Waals surface area contributed by atoms with Crippen LogP contribution in [0.25, 0.3) is 5.69 Å². The van der Waals surface area contributed by atoms with Gasteiger partial charge >= 0.3 is 0 Å². The van der Waals surface area contributed by atoms with Crippen molar-refractivity contribution in [2.75, 3.05) is 20.3 Å². The molecule has 1 aliphatic heterocycles. The second-order valence-electron chi connectivity index (χ2n) is 7.25. The SMILES string of the molecule is COC1(c2cccc(OCc3ccc(-n4ccnc4C)cc3Cl)c2)CCOCC1. The summed E-state index contributed by atoms with van der Waals surface area (Å²) >= 11 is 6.51. The Bertz CT molecular complexity index is 980. The molecule has 0 N–H and O–H groups in total. The maximum Gasteiger partial charge on any atom is 0.120 e. The predicted octanol–water partition coefficient (Wildman–Crippen LogP) is 5.07. The van der Waals surface area contributed by atoms with E-state index in [0.29, 0.717) is 24.8 Å². The number of methoxy groups -OCH3 is 1. The van der Waals surface area contributed by atoms with Crippen LogP contribution in [0.2, 0.25) is 5.02 Å². The summed E-state index contributed by atoms with van der Waals surface area (Å²) < 4.78 is 19.5. The molecule has 2 aromatic carbocycles. The number of rotatable bonds is 6. The summed E-state index contributed by atoms with van der Waals surface area (Å²) in [4.78, 5) is 4.26. The standard InChI is InChI=1S/C23H25ClN2O3/c1-17-25-10-11-26(17)20-7-6-18(22(24)15-20)16-29-21-5-3-4-19(14-21)23(27-2)8-12-28-13-9-23/h3-7,10-11,14-15H,8-9,12-13,16H2,1-2H3. The molecule has 2 heterocycles. The van der Waals surface area contributed by atoms with E-state index in [9.17, 15) is 0 Å². The molecular weight excluding hydrogens is 388 g/mol. The molecule has 0 radical (unpaired) electrons. The minimum Gasteiger partial charge on any atom is -0.489 e. The lowest BCUT2D eigenvalue weighted by molar-refractivity contribution is -0.0948. The minimum atomic E-state index is -0.306. The summed E-state index contributed by atoms with van der Waals surface area (Å²) in [6.45, 7) is 3.77. The molecule has 1 saturated heterocycles. The number of nitrogens with zero attached hydrogens (tertiary/aromatic N) is 2. The Morgan fingerprint density at radius 3 is 2.69 bits per heavy atom. The third-order valence-electron chi connectivity index (χ3n) is 5.59. The van der Waals surface area contributed by atoms with Gasteiger partial charge in [-0.2, -0.15) is 0 Å². The maximum absolute atomic E-state index is 6.51. The van der Waals surface area contributed by atoms with E-state index in [1.165, 1.54) is 0 Å². The number of imidazole rings is 1. The Labute approximate surface area is 176 Å². The number of ether oxygens (including phenoxy) is 3. The zero-order valence-electron chi connectivity index (χ0n) is 16.7. The van der Waals surface area contributed by atoms with Crippen LogP contribution in [0.5, 0.6) is 5.75 Å². The molecule has 0 unspecified atom stereocenters. The average molecular weight is 413 g/mol. The lowest BCUT2D eigenvalue weighted by Crippen LogP contribution is -2.35. The van der Waals surface area contributed by atoms with Gasteiger partial charge in [0.15, 0.2) is 0 Å². The molecular formula is C23H25ClN2O3. The molecule has 152 valence electrons. The first-order chi connectivity index (χ1) is 14.1. The maximum atomic E-state index is 6.51. The molecule has 3 aromatic rings. The highest BCUT2D eigenvalue weighted by molar-refractivity contribution is 6.31. The quantitative estimate of drug-likeness (QED) is 0.567. The molecule has 0 atom stereocenters. The van der Waals surface area contributed by atoms with Crippen LogP contribution in [0, 0.1) is 6.92 Å². The van der Waals surface area contributed by atoms with Crippen LogP contribution >= 0.6 is 11.6 Å². The molecule has 0 saturated carbocycles. The first-order valence-electron chi connectivity index (χ1n) is 9.76. The first kappa shape index (κ1) is 20.0. The number of aryl methyl sites for hydroxylation is 1. The fraction of sp³-hybridized carbons (Fsp3) is 0.348. The van der Waals surface area contributed by atoms with Gasteiger partial charge in [0.1, 0.15) is 18.2 Å². The van der Waals surface area contributed by atoms with E-state index >= 15 is 0 Å². The molecule has 29 heavy (non-hydrogen) atoms. The van der Waals surface area contributed by atoms with Crippen LogP contribution in [0.4, 0.5) is 0 Å². The Morgan fingerprint density at radius 1 is 1.17 bits per heavy atom. The highest BCUT2D eigenvalue weighted by atomic mass is 35.5. The number of halogens is 1.